The largest absolute Gasteiger partial charge is 0.507 e. The van der Waals surface area contributed by atoms with Gasteiger partial charge in [-0.25, -0.2) is 5.43 Å². The van der Waals surface area contributed by atoms with E-state index in [1.165, 1.54) is 0 Å². The molecule has 2 atom stereocenters. The molecule has 0 bridgehead atoms. The summed E-state index contributed by atoms with van der Waals surface area (Å²) in [5, 5.41) is 16.1. The summed E-state index contributed by atoms with van der Waals surface area (Å²) in [6, 6.07) is 10.9. The van der Waals surface area contributed by atoms with E-state index < -0.39 is 0 Å². The molecule has 110 valence electrons. The molecule has 2 aromatic carbocycles. The van der Waals surface area contributed by atoms with E-state index in [-0.39, 0.29) is 17.2 Å². The van der Waals surface area contributed by atoms with Gasteiger partial charge in [0.1, 0.15) is 5.75 Å². The summed E-state index contributed by atoms with van der Waals surface area (Å²) in [5.41, 5.74) is 3.88. The Balaban J connectivity index is 1.55. The third kappa shape index (κ3) is 2.08. The highest BCUT2D eigenvalue weighted by atomic mass is 16.3. The molecule has 1 amide bonds. The molecular weight excluding hydrogens is 276 g/mol. The van der Waals surface area contributed by atoms with Crippen LogP contribution in [0.5, 0.6) is 5.75 Å². The van der Waals surface area contributed by atoms with Crippen LogP contribution in [0.3, 0.4) is 0 Å². The van der Waals surface area contributed by atoms with E-state index in [0.29, 0.717) is 11.8 Å². The van der Waals surface area contributed by atoms with Crippen molar-refractivity contribution in [2.75, 3.05) is 0 Å². The highest BCUT2D eigenvalue weighted by Crippen LogP contribution is 2.40. The van der Waals surface area contributed by atoms with E-state index in [9.17, 15) is 9.90 Å². The van der Waals surface area contributed by atoms with Crippen LogP contribution < -0.4 is 5.43 Å². The first-order valence-corrected chi connectivity index (χ1v) is 7.47. The van der Waals surface area contributed by atoms with Crippen molar-refractivity contribution in [1.82, 2.24) is 5.43 Å². The molecule has 2 aliphatic carbocycles. The number of fused-ring (bicyclic) bond motifs is 2. The minimum atomic E-state index is -0.370. The van der Waals surface area contributed by atoms with Crippen LogP contribution in [0.1, 0.15) is 23.2 Å². The number of rotatable bonds is 2. The molecule has 0 aromatic heterocycles. The Morgan fingerprint density at radius 1 is 1.23 bits per heavy atom. The first kappa shape index (κ1) is 13.1. The summed E-state index contributed by atoms with van der Waals surface area (Å²) in [6.07, 6.45) is 6.33. The molecule has 2 N–H and O–H groups in total. The van der Waals surface area contributed by atoms with Gasteiger partial charge in [0.25, 0.3) is 5.91 Å². The Kier molecular flexibility index (Phi) is 2.96. The lowest BCUT2D eigenvalue weighted by molar-refractivity contribution is 0.0951. The van der Waals surface area contributed by atoms with Gasteiger partial charge in [0, 0.05) is 11.6 Å². The van der Waals surface area contributed by atoms with Gasteiger partial charge in [-0.3, -0.25) is 4.79 Å². The average Bonchev–Trinajstić information content (AvgIpc) is 2.88. The van der Waals surface area contributed by atoms with Crippen molar-refractivity contribution in [3.63, 3.8) is 0 Å². The summed E-state index contributed by atoms with van der Waals surface area (Å²) >= 11 is 0. The number of phenolic OH excluding ortho intramolecular Hbond substituents is 1. The lowest BCUT2D eigenvalue weighted by Crippen LogP contribution is -2.35. The third-order valence-corrected chi connectivity index (χ3v) is 4.57. The molecule has 4 heteroatoms. The zero-order chi connectivity index (χ0) is 15.1. The summed E-state index contributed by atoms with van der Waals surface area (Å²) in [7, 11) is 0. The molecule has 22 heavy (non-hydrogen) atoms. The number of aromatic hydroxyl groups is 1. The van der Waals surface area contributed by atoms with Gasteiger partial charge in [0.2, 0.25) is 0 Å². The molecule has 2 aromatic rings. The summed E-state index contributed by atoms with van der Waals surface area (Å²) < 4.78 is 0. The number of carbonyl (C=O) groups excluding carboxylic acids is 1. The average molecular weight is 292 g/mol. The number of hydrogen-bond donors (Lipinski definition) is 2. The number of phenols is 1. The van der Waals surface area contributed by atoms with Crippen LogP contribution in [-0.2, 0) is 0 Å². The quantitative estimate of drug-likeness (QED) is 0.659. The van der Waals surface area contributed by atoms with Crippen molar-refractivity contribution in [1.29, 1.82) is 0 Å². The lowest BCUT2D eigenvalue weighted by atomic mass is 9.74. The molecule has 0 radical (unpaired) electrons. The molecule has 0 aliphatic heterocycles. The predicted molar refractivity (Wildman–Crippen MR) is 85.9 cm³/mol. The second-order valence-corrected chi connectivity index (χ2v) is 5.90. The van der Waals surface area contributed by atoms with E-state index in [1.807, 2.05) is 24.3 Å². The van der Waals surface area contributed by atoms with Gasteiger partial charge in [0.05, 0.1) is 5.56 Å². The van der Waals surface area contributed by atoms with Gasteiger partial charge in [-0.15, -0.1) is 0 Å². The Bertz CT molecular complexity index is 823. The van der Waals surface area contributed by atoms with Crippen molar-refractivity contribution in [3.8, 4) is 5.75 Å². The monoisotopic (exact) mass is 292 g/mol. The van der Waals surface area contributed by atoms with E-state index in [1.54, 1.807) is 12.1 Å². The Morgan fingerprint density at radius 3 is 2.77 bits per heavy atom. The fourth-order valence-electron chi connectivity index (χ4n) is 3.26. The van der Waals surface area contributed by atoms with Crippen LogP contribution in [0.25, 0.3) is 10.8 Å². The number of allylic oxidation sites excluding steroid dienone is 2. The molecule has 0 saturated heterocycles. The van der Waals surface area contributed by atoms with Crippen molar-refractivity contribution in [3.05, 3.63) is 54.1 Å². The normalized spacial score (nSPS) is 24.3. The van der Waals surface area contributed by atoms with Crippen LogP contribution in [0.4, 0.5) is 0 Å². The maximum Gasteiger partial charge on any atom is 0.275 e. The van der Waals surface area contributed by atoms with Crippen LogP contribution >= 0.6 is 0 Å². The van der Waals surface area contributed by atoms with Gasteiger partial charge < -0.3 is 5.11 Å². The first-order chi connectivity index (χ1) is 10.7. The molecule has 4 rings (SSSR count). The van der Waals surface area contributed by atoms with Crippen LogP contribution in [-0.4, -0.2) is 16.7 Å². The number of benzene rings is 2. The number of hydrazone groups is 1. The molecule has 1 saturated carbocycles. The number of amides is 1. The fourth-order valence-corrected chi connectivity index (χ4v) is 3.26. The van der Waals surface area contributed by atoms with Crippen LogP contribution in [0.15, 0.2) is 53.7 Å². The highest BCUT2D eigenvalue weighted by molar-refractivity contribution is 6.02. The Labute approximate surface area is 128 Å². The van der Waals surface area contributed by atoms with Crippen molar-refractivity contribution in [2.45, 2.75) is 12.8 Å². The summed E-state index contributed by atoms with van der Waals surface area (Å²) in [4.78, 5) is 12.3. The Morgan fingerprint density at radius 2 is 2.00 bits per heavy atom. The smallest absolute Gasteiger partial charge is 0.275 e. The summed E-state index contributed by atoms with van der Waals surface area (Å²) in [5.74, 6) is 0.672. The van der Waals surface area contributed by atoms with E-state index in [2.05, 4.69) is 22.7 Å². The molecule has 0 spiro atoms. The van der Waals surface area contributed by atoms with Crippen LogP contribution in [0.2, 0.25) is 0 Å². The number of nitrogens with one attached hydrogen (secondary N) is 1. The minimum Gasteiger partial charge on any atom is -0.507 e. The zero-order valence-corrected chi connectivity index (χ0v) is 12.0. The Hall–Kier alpha value is -2.62. The molecular formula is C18H16N2O2. The molecule has 0 unspecified atom stereocenters. The lowest BCUT2D eigenvalue weighted by Gasteiger charge is -2.31. The zero-order valence-electron chi connectivity index (χ0n) is 12.0. The van der Waals surface area contributed by atoms with Crippen molar-refractivity contribution in [2.24, 2.45) is 16.9 Å². The summed E-state index contributed by atoms with van der Waals surface area (Å²) in [6.45, 7) is 0. The topological polar surface area (TPSA) is 61.7 Å². The maximum absolute atomic E-state index is 12.3. The molecule has 0 heterocycles. The third-order valence-electron chi connectivity index (χ3n) is 4.57. The number of nitrogens with zero attached hydrogens (tertiary/aromatic N) is 1. The van der Waals surface area contributed by atoms with Gasteiger partial charge in [-0.2, -0.15) is 5.10 Å². The minimum absolute atomic E-state index is 0.0228. The van der Waals surface area contributed by atoms with Gasteiger partial charge in [-0.1, -0.05) is 36.4 Å². The number of carbonyl (C=O) groups is 1. The standard InChI is InChI=1S/C18H16N2O2/c21-17-10-12-5-2-1-4-11(12)8-15(17)18(22)20-19-16-9-13-6-3-7-14(13)16/h1-6,8,10,13-14,21H,7,9H2,(H,20,22)/b19-16-/t13-,14-/m0/s1. The van der Waals surface area contributed by atoms with Gasteiger partial charge in [-0.05, 0) is 41.7 Å². The van der Waals surface area contributed by atoms with Gasteiger partial charge in [0.15, 0.2) is 0 Å². The fraction of sp³-hybridized carbons (Fsp3) is 0.222. The molecule has 1 fully saturated rings. The van der Waals surface area contributed by atoms with Crippen LogP contribution in [0, 0.1) is 11.8 Å². The second kappa shape index (κ2) is 4.98. The highest BCUT2D eigenvalue weighted by Gasteiger charge is 2.38. The first-order valence-electron chi connectivity index (χ1n) is 7.47. The SMILES string of the molecule is O=C(N/N=C1/C[C@@H]2C=CC[C@H]12)c1cc2ccccc2cc1O. The predicted octanol–water partition coefficient (Wildman–Crippen LogP) is 3.23. The van der Waals surface area contributed by atoms with E-state index in [0.717, 1.165) is 29.3 Å². The molecule has 4 nitrogen and oxygen atoms in total. The van der Waals surface area contributed by atoms with Gasteiger partial charge >= 0.3 is 0 Å². The van der Waals surface area contributed by atoms with Crippen molar-refractivity contribution < 1.29 is 9.90 Å². The number of hydrogen-bond acceptors (Lipinski definition) is 3. The maximum atomic E-state index is 12.3. The molecule has 2 aliphatic rings. The van der Waals surface area contributed by atoms with Crippen molar-refractivity contribution >= 4 is 22.4 Å². The second-order valence-electron chi connectivity index (χ2n) is 5.90. The van der Waals surface area contributed by atoms with E-state index >= 15 is 0 Å². The van der Waals surface area contributed by atoms with E-state index in [4.69, 9.17) is 0 Å².